The first kappa shape index (κ1) is 14.7. The summed E-state index contributed by atoms with van der Waals surface area (Å²) in [6.07, 6.45) is 3.81. The molecule has 1 aliphatic rings. The maximum absolute atomic E-state index is 13.4. The van der Waals surface area contributed by atoms with E-state index in [-0.39, 0.29) is 16.7 Å². The number of halogens is 3. The predicted octanol–water partition coefficient (Wildman–Crippen LogP) is 3.84. The Morgan fingerprint density at radius 1 is 1.37 bits per heavy atom. The van der Waals surface area contributed by atoms with E-state index in [2.05, 4.69) is 5.32 Å². The Morgan fingerprint density at radius 2 is 2.00 bits per heavy atom. The topological polar surface area (TPSA) is 21.3 Å². The molecule has 0 aromatic heterocycles. The Bertz CT molecular complexity index is 457. The van der Waals surface area contributed by atoms with E-state index in [1.165, 1.54) is 6.07 Å². The Labute approximate surface area is 117 Å². The average molecular weight is 290 g/mol. The molecule has 1 fully saturated rings. The van der Waals surface area contributed by atoms with Crippen LogP contribution < -0.4 is 5.32 Å². The molecule has 1 unspecified atom stereocenters. The van der Waals surface area contributed by atoms with Crippen molar-refractivity contribution in [2.75, 3.05) is 14.2 Å². The van der Waals surface area contributed by atoms with Crippen molar-refractivity contribution >= 4 is 11.6 Å². The van der Waals surface area contributed by atoms with Crippen LogP contribution in [0.3, 0.4) is 0 Å². The highest BCUT2D eigenvalue weighted by Gasteiger charge is 2.39. The van der Waals surface area contributed by atoms with Crippen molar-refractivity contribution in [2.24, 2.45) is 0 Å². The summed E-state index contributed by atoms with van der Waals surface area (Å²) in [4.78, 5) is 0. The van der Waals surface area contributed by atoms with E-state index in [0.29, 0.717) is 12.0 Å². The van der Waals surface area contributed by atoms with Gasteiger partial charge in [0, 0.05) is 18.2 Å². The van der Waals surface area contributed by atoms with Crippen LogP contribution in [0.15, 0.2) is 12.1 Å². The number of hydrogen-bond acceptors (Lipinski definition) is 2. The highest BCUT2D eigenvalue weighted by atomic mass is 35.5. The zero-order valence-corrected chi connectivity index (χ0v) is 11.9. The van der Waals surface area contributed by atoms with Gasteiger partial charge in [0.25, 0.3) is 0 Å². The zero-order valence-electron chi connectivity index (χ0n) is 11.1. The molecule has 2 rings (SSSR count). The van der Waals surface area contributed by atoms with Gasteiger partial charge in [-0.3, -0.25) is 0 Å². The summed E-state index contributed by atoms with van der Waals surface area (Å²) in [5.41, 5.74) is 0.411. The summed E-state index contributed by atoms with van der Waals surface area (Å²) in [6, 6.07) is 2.04. The van der Waals surface area contributed by atoms with Crippen molar-refractivity contribution in [3.05, 3.63) is 34.4 Å². The Balaban J connectivity index is 2.24. The lowest BCUT2D eigenvalue weighted by atomic mass is 9.74. The van der Waals surface area contributed by atoms with Gasteiger partial charge in [-0.25, -0.2) is 8.78 Å². The van der Waals surface area contributed by atoms with Crippen molar-refractivity contribution in [1.82, 2.24) is 5.32 Å². The maximum atomic E-state index is 13.4. The second-order valence-electron chi connectivity index (χ2n) is 5.07. The van der Waals surface area contributed by atoms with Crippen molar-refractivity contribution in [2.45, 2.75) is 37.3 Å². The lowest BCUT2D eigenvalue weighted by molar-refractivity contribution is -0.0834. The molecule has 5 heteroatoms. The fourth-order valence-electron chi connectivity index (χ4n) is 2.61. The van der Waals surface area contributed by atoms with Gasteiger partial charge in [0.1, 0.15) is 0 Å². The van der Waals surface area contributed by atoms with Gasteiger partial charge in [-0.2, -0.15) is 0 Å². The van der Waals surface area contributed by atoms with Gasteiger partial charge in [-0.05, 0) is 50.4 Å². The number of ether oxygens (including phenoxy) is 1. The van der Waals surface area contributed by atoms with E-state index in [4.69, 9.17) is 16.3 Å². The third-order valence-electron chi connectivity index (χ3n) is 4.04. The summed E-state index contributed by atoms with van der Waals surface area (Å²) >= 11 is 6.02. The molecule has 0 aliphatic heterocycles. The lowest BCUT2D eigenvalue weighted by Crippen LogP contribution is -2.42. The molecule has 1 saturated carbocycles. The van der Waals surface area contributed by atoms with Crippen LogP contribution in [-0.2, 0) is 4.74 Å². The normalized spacial score (nSPS) is 19.0. The second-order valence-corrected chi connectivity index (χ2v) is 5.48. The molecular formula is C14H18ClF2NO. The number of methoxy groups -OCH3 is 1. The van der Waals surface area contributed by atoms with Crippen molar-refractivity contribution in [1.29, 1.82) is 0 Å². The molecule has 0 spiro atoms. The van der Waals surface area contributed by atoms with Gasteiger partial charge in [0.2, 0.25) is 0 Å². The molecule has 1 aromatic carbocycles. The highest BCUT2D eigenvalue weighted by molar-refractivity contribution is 6.31. The van der Waals surface area contributed by atoms with Crippen molar-refractivity contribution in [3.63, 3.8) is 0 Å². The molecule has 0 bridgehead atoms. The minimum Gasteiger partial charge on any atom is -0.378 e. The SMILES string of the molecule is CNC(CC1(OC)CCC1)c1cc(F)c(F)cc1Cl. The third-order valence-corrected chi connectivity index (χ3v) is 4.36. The minimum atomic E-state index is -0.922. The number of nitrogens with one attached hydrogen (secondary N) is 1. The first-order valence-corrected chi connectivity index (χ1v) is 6.76. The summed E-state index contributed by atoms with van der Waals surface area (Å²) in [5, 5.41) is 3.35. The number of hydrogen-bond donors (Lipinski definition) is 1. The van der Waals surface area contributed by atoms with Crippen LogP contribution in [0.5, 0.6) is 0 Å². The monoisotopic (exact) mass is 289 g/mol. The molecule has 1 aromatic rings. The average Bonchev–Trinajstić information content (AvgIpc) is 2.34. The van der Waals surface area contributed by atoms with E-state index in [1.807, 2.05) is 0 Å². The molecular weight excluding hydrogens is 272 g/mol. The lowest BCUT2D eigenvalue weighted by Gasteiger charge is -2.43. The van der Waals surface area contributed by atoms with Gasteiger partial charge in [0.05, 0.1) is 5.60 Å². The highest BCUT2D eigenvalue weighted by Crippen LogP contribution is 2.42. The van der Waals surface area contributed by atoms with Crippen LogP contribution in [0.4, 0.5) is 8.78 Å². The van der Waals surface area contributed by atoms with E-state index in [9.17, 15) is 8.78 Å². The van der Waals surface area contributed by atoms with Crippen molar-refractivity contribution < 1.29 is 13.5 Å². The van der Waals surface area contributed by atoms with Gasteiger partial charge in [0.15, 0.2) is 11.6 Å². The fraction of sp³-hybridized carbons (Fsp3) is 0.571. The van der Waals surface area contributed by atoms with Gasteiger partial charge < -0.3 is 10.1 Å². The van der Waals surface area contributed by atoms with Crippen LogP contribution in [0.1, 0.15) is 37.3 Å². The fourth-order valence-corrected chi connectivity index (χ4v) is 2.89. The van der Waals surface area contributed by atoms with E-state index in [0.717, 1.165) is 25.3 Å². The van der Waals surface area contributed by atoms with Crippen LogP contribution in [0.2, 0.25) is 5.02 Å². The Morgan fingerprint density at radius 3 is 2.47 bits per heavy atom. The van der Waals surface area contributed by atoms with Crippen molar-refractivity contribution in [3.8, 4) is 0 Å². The second kappa shape index (κ2) is 5.73. The summed E-state index contributed by atoms with van der Waals surface area (Å²) < 4.78 is 32.0. The van der Waals surface area contributed by atoms with Crippen LogP contribution in [-0.4, -0.2) is 19.8 Å². The Hall–Kier alpha value is -0.710. The molecule has 0 radical (unpaired) electrons. The quantitative estimate of drug-likeness (QED) is 0.832. The first-order valence-electron chi connectivity index (χ1n) is 6.38. The smallest absolute Gasteiger partial charge is 0.160 e. The molecule has 19 heavy (non-hydrogen) atoms. The summed E-state index contributed by atoms with van der Waals surface area (Å²) in [5.74, 6) is -1.80. The van der Waals surface area contributed by atoms with Crippen LogP contribution >= 0.6 is 11.6 Å². The number of rotatable bonds is 5. The molecule has 1 N–H and O–H groups in total. The molecule has 2 nitrogen and oxygen atoms in total. The summed E-state index contributed by atoms with van der Waals surface area (Å²) in [7, 11) is 3.48. The molecule has 106 valence electrons. The molecule has 0 saturated heterocycles. The molecule has 0 amide bonds. The van der Waals surface area contributed by atoms with E-state index in [1.54, 1.807) is 14.2 Å². The van der Waals surface area contributed by atoms with E-state index >= 15 is 0 Å². The predicted molar refractivity (Wildman–Crippen MR) is 71.4 cm³/mol. The van der Waals surface area contributed by atoms with Gasteiger partial charge in [-0.15, -0.1) is 0 Å². The largest absolute Gasteiger partial charge is 0.378 e. The molecule has 1 aliphatic carbocycles. The van der Waals surface area contributed by atoms with Gasteiger partial charge >= 0.3 is 0 Å². The van der Waals surface area contributed by atoms with Crippen LogP contribution in [0, 0.1) is 11.6 Å². The first-order chi connectivity index (χ1) is 9.01. The summed E-state index contributed by atoms with van der Waals surface area (Å²) in [6.45, 7) is 0. The standard InChI is InChI=1S/C14H18ClF2NO/c1-18-13(8-14(19-2)4-3-5-14)9-6-11(16)12(17)7-10(9)15/h6-7,13,18H,3-5,8H2,1-2H3. The van der Waals surface area contributed by atoms with Crippen LogP contribution in [0.25, 0.3) is 0 Å². The van der Waals surface area contributed by atoms with Gasteiger partial charge in [-0.1, -0.05) is 11.6 Å². The molecule has 1 atom stereocenters. The maximum Gasteiger partial charge on any atom is 0.160 e. The zero-order chi connectivity index (χ0) is 14.0. The Kier molecular flexibility index (Phi) is 4.43. The number of benzene rings is 1. The minimum absolute atomic E-state index is 0.150. The molecule has 0 heterocycles. The third kappa shape index (κ3) is 2.91. The van der Waals surface area contributed by atoms with E-state index < -0.39 is 11.6 Å².